The second kappa shape index (κ2) is 5.44. The molecule has 0 aliphatic carbocycles. The predicted octanol–water partition coefficient (Wildman–Crippen LogP) is 4.55. The van der Waals surface area contributed by atoms with Crippen LogP contribution in [0.25, 0.3) is 10.9 Å². The highest BCUT2D eigenvalue weighted by Crippen LogP contribution is 2.29. The second-order valence-electron chi connectivity index (χ2n) is 5.19. The minimum Gasteiger partial charge on any atom is -0.508 e. The molecule has 0 unspecified atom stereocenters. The van der Waals surface area contributed by atoms with Crippen molar-refractivity contribution in [1.29, 1.82) is 0 Å². The quantitative estimate of drug-likeness (QED) is 0.738. The van der Waals surface area contributed by atoms with Gasteiger partial charge in [-0.25, -0.2) is 0 Å². The summed E-state index contributed by atoms with van der Waals surface area (Å²) in [6, 6.07) is 13.6. The Kier molecular flexibility index (Phi) is 3.48. The number of rotatable bonds is 3. The summed E-state index contributed by atoms with van der Waals surface area (Å²) in [6.45, 7) is 4.16. The topological polar surface area (TPSA) is 45.2 Å². The Hall–Kier alpha value is -2.55. The summed E-state index contributed by atoms with van der Waals surface area (Å²) in [4.78, 5) is 4.41. The average Bonchev–Trinajstić information content (AvgIpc) is 2.51. The molecule has 3 aromatic rings. The molecular weight excluding hydrogens is 260 g/mol. The van der Waals surface area contributed by atoms with Crippen LogP contribution in [0.3, 0.4) is 0 Å². The summed E-state index contributed by atoms with van der Waals surface area (Å²) in [7, 11) is 0. The molecule has 0 saturated carbocycles. The highest BCUT2D eigenvalue weighted by molar-refractivity contribution is 5.93. The number of nitrogens with one attached hydrogen (secondary N) is 1. The highest BCUT2D eigenvalue weighted by atomic mass is 16.3. The van der Waals surface area contributed by atoms with E-state index in [0.29, 0.717) is 0 Å². The highest BCUT2D eigenvalue weighted by Gasteiger charge is 2.06. The number of hydrogen-bond acceptors (Lipinski definition) is 3. The van der Waals surface area contributed by atoms with Crippen molar-refractivity contribution in [3.05, 3.63) is 59.8 Å². The lowest BCUT2D eigenvalue weighted by Gasteiger charge is -2.13. The summed E-state index contributed by atoms with van der Waals surface area (Å²) in [6.07, 6.45) is 2.80. The van der Waals surface area contributed by atoms with E-state index in [1.165, 1.54) is 5.56 Å². The van der Waals surface area contributed by atoms with Crippen molar-refractivity contribution in [2.24, 2.45) is 0 Å². The van der Waals surface area contributed by atoms with Gasteiger partial charge in [-0.3, -0.25) is 4.98 Å². The minimum absolute atomic E-state index is 0.260. The number of aryl methyl sites for hydroxylation is 2. The minimum atomic E-state index is 0.260. The van der Waals surface area contributed by atoms with E-state index in [0.717, 1.165) is 34.3 Å². The first kappa shape index (κ1) is 13.4. The van der Waals surface area contributed by atoms with E-state index >= 15 is 0 Å². The number of aromatic nitrogens is 1. The molecule has 0 aliphatic heterocycles. The van der Waals surface area contributed by atoms with E-state index in [4.69, 9.17) is 0 Å². The fraction of sp³-hybridized carbons (Fsp3) is 0.167. The molecule has 1 heterocycles. The van der Waals surface area contributed by atoms with Gasteiger partial charge in [-0.05, 0) is 48.7 Å². The van der Waals surface area contributed by atoms with E-state index in [9.17, 15) is 5.11 Å². The fourth-order valence-corrected chi connectivity index (χ4v) is 2.41. The van der Waals surface area contributed by atoms with Crippen LogP contribution in [0.1, 0.15) is 18.1 Å². The number of aromatic hydroxyl groups is 1. The molecule has 21 heavy (non-hydrogen) atoms. The van der Waals surface area contributed by atoms with Crippen LogP contribution in [-0.4, -0.2) is 10.1 Å². The normalized spacial score (nSPS) is 10.8. The molecule has 0 bridgehead atoms. The number of pyridine rings is 1. The third-order valence-electron chi connectivity index (χ3n) is 3.70. The molecule has 3 heteroatoms. The Morgan fingerprint density at radius 3 is 2.71 bits per heavy atom. The van der Waals surface area contributed by atoms with Crippen molar-refractivity contribution < 1.29 is 5.11 Å². The van der Waals surface area contributed by atoms with Crippen molar-refractivity contribution in [2.75, 3.05) is 5.32 Å². The van der Waals surface area contributed by atoms with Crippen molar-refractivity contribution >= 4 is 22.3 Å². The molecule has 0 fully saturated rings. The third kappa shape index (κ3) is 2.68. The molecule has 0 spiro atoms. The number of benzene rings is 2. The molecule has 0 radical (unpaired) electrons. The first-order chi connectivity index (χ1) is 10.2. The van der Waals surface area contributed by atoms with Crippen LogP contribution in [0.4, 0.5) is 11.4 Å². The third-order valence-corrected chi connectivity index (χ3v) is 3.70. The van der Waals surface area contributed by atoms with Gasteiger partial charge in [0.05, 0.1) is 5.52 Å². The lowest BCUT2D eigenvalue weighted by atomic mass is 10.1. The molecule has 1 aromatic heterocycles. The van der Waals surface area contributed by atoms with Crippen molar-refractivity contribution in [3.63, 3.8) is 0 Å². The van der Waals surface area contributed by atoms with Crippen LogP contribution in [0.15, 0.2) is 48.7 Å². The van der Waals surface area contributed by atoms with E-state index in [2.05, 4.69) is 35.4 Å². The van der Waals surface area contributed by atoms with Crippen LogP contribution in [-0.2, 0) is 6.42 Å². The van der Waals surface area contributed by atoms with Gasteiger partial charge in [-0.15, -0.1) is 0 Å². The van der Waals surface area contributed by atoms with Gasteiger partial charge < -0.3 is 10.4 Å². The molecule has 0 atom stereocenters. The Morgan fingerprint density at radius 2 is 1.90 bits per heavy atom. The lowest BCUT2D eigenvalue weighted by Crippen LogP contribution is -1.95. The molecule has 2 N–H and O–H groups in total. The molecular formula is C18H18N2O. The number of hydrogen-bond donors (Lipinski definition) is 2. The Morgan fingerprint density at radius 1 is 1.05 bits per heavy atom. The zero-order chi connectivity index (χ0) is 14.8. The number of fused-ring (bicyclic) bond motifs is 1. The van der Waals surface area contributed by atoms with Gasteiger partial charge in [0.1, 0.15) is 5.75 Å². The smallest absolute Gasteiger partial charge is 0.117 e. The standard InChI is InChI=1S/C18H18N2O/c1-3-13-5-7-16-15(10-13)17(8-9-19-16)20-18-11-14(21)6-4-12(18)2/h4-11,21H,3H2,1-2H3,(H,19,20). The zero-order valence-electron chi connectivity index (χ0n) is 12.2. The maximum Gasteiger partial charge on any atom is 0.117 e. The number of anilines is 2. The summed E-state index contributed by atoms with van der Waals surface area (Å²) in [5, 5.41) is 14.2. The number of phenolic OH excluding ortho intramolecular Hbond substituents is 1. The first-order valence-corrected chi connectivity index (χ1v) is 7.11. The Bertz CT molecular complexity index is 796. The average molecular weight is 278 g/mol. The number of phenols is 1. The molecule has 2 aromatic carbocycles. The molecule has 0 aliphatic rings. The van der Waals surface area contributed by atoms with Gasteiger partial charge in [-0.1, -0.05) is 19.1 Å². The van der Waals surface area contributed by atoms with Crippen LogP contribution in [0.5, 0.6) is 5.75 Å². The number of nitrogens with zero attached hydrogens (tertiary/aromatic N) is 1. The van der Waals surface area contributed by atoms with E-state index in [1.54, 1.807) is 18.3 Å². The van der Waals surface area contributed by atoms with Crippen LogP contribution < -0.4 is 5.32 Å². The van der Waals surface area contributed by atoms with Crippen LogP contribution >= 0.6 is 0 Å². The lowest BCUT2D eigenvalue weighted by molar-refractivity contribution is 0.475. The van der Waals surface area contributed by atoms with Gasteiger partial charge in [-0.2, -0.15) is 0 Å². The van der Waals surface area contributed by atoms with Crippen LogP contribution in [0, 0.1) is 6.92 Å². The second-order valence-corrected chi connectivity index (χ2v) is 5.19. The fourth-order valence-electron chi connectivity index (χ4n) is 2.41. The van der Waals surface area contributed by atoms with Crippen LogP contribution in [0.2, 0.25) is 0 Å². The van der Waals surface area contributed by atoms with Crippen molar-refractivity contribution in [1.82, 2.24) is 4.98 Å². The Labute approximate surface area is 124 Å². The Balaban J connectivity index is 2.09. The SMILES string of the molecule is CCc1ccc2nccc(Nc3cc(O)ccc3C)c2c1. The van der Waals surface area contributed by atoms with Gasteiger partial charge in [0.2, 0.25) is 0 Å². The molecule has 0 amide bonds. The van der Waals surface area contributed by atoms with E-state index < -0.39 is 0 Å². The van der Waals surface area contributed by atoms with Crippen molar-refractivity contribution in [3.8, 4) is 5.75 Å². The largest absolute Gasteiger partial charge is 0.508 e. The molecule has 106 valence electrons. The summed E-state index contributed by atoms with van der Waals surface area (Å²) in [5.41, 5.74) is 5.25. The van der Waals surface area contributed by atoms with Gasteiger partial charge in [0.15, 0.2) is 0 Å². The van der Waals surface area contributed by atoms with E-state index in [1.807, 2.05) is 19.1 Å². The van der Waals surface area contributed by atoms with Gasteiger partial charge in [0, 0.05) is 29.0 Å². The monoisotopic (exact) mass is 278 g/mol. The zero-order valence-corrected chi connectivity index (χ0v) is 12.2. The molecule has 3 nitrogen and oxygen atoms in total. The van der Waals surface area contributed by atoms with Gasteiger partial charge in [0.25, 0.3) is 0 Å². The summed E-state index contributed by atoms with van der Waals surface area (Å²) >= 11 is 0. The maximum atomic E-state index is 9.66. The maximum absolute atomic E-state index is 9.66. The summed E-state index contributed by atoms with van der Waals surface area (Å²) in [5.74, 6) is 0.260. The van der Waals surface area contributed by atoms with Gasteiger partial charge >= 0.3 is 0 Å². The van der Waals surface area contributed by atoms with Crippen molar-refractivity contribution in [2.45, 2.75) is 20.3 Å². The molecule has 0 saturated heterocycles. The summed E-state index contributed by atoms with van der Waals surface area (Å²) < 4.78 is 0. The molecule has 3 rings (SSSR count). The van der Waals surface area contributed by atoms with E-state index in [-0.39, 0.29) is 5.75 Å². The first-order valence-electron chi connectivity index (χ1n) is 7.11. The predicted molar refractivity (Wildman–Crippen MR) is 87.2 cm³/mol.